The molecule has 0 saturated heterocycles. The Morgan fingerprint density at radius 1 is 1.36 bits per heavy atom. The third-order valence-corrected chi connectivity index (χ3v) is 1.92. The molecule has 0 spiro atoms. The number of carbonyl (C=O) groups is 1. The lowest BCUT2D eigenvalue weighted by Gasteiger charge is -1.98. The minimum Gasteiger partial charge on any atom is -0.269 e. The van der Waals surface area contributed by atoms with Crippen LogP contribution >= 0.6 is 0 Å². The van der Waals surface area contributed by atoms with Gasteiger partial charge in [0, 0.05) is 6.07 Å². The lowest BCUT2D eigenvalue weighted by atomic mass is 10.3. The predicted molar refractivity (Wildman–Crippen MR) is 42.0 cm³/mol. The summed E-state index contributed by atoms with van der Waals surface area (Å²) in [6.07, 6.45) is 0. The normalized spacial score (nSPS) is 21.2. The van der Waals surface area contributed by atoms with Gasteiger partial charge in [-0.05, 0) is 6.07 Å². The van der Waals surface area contributed by atoms with E-state index in [1.807, 2.05) is 31.3 Å². The van der Waals surface area contributed by atoms with Crippen molar-refractivity contribution in [2.75, 3.05) is 12.4 Å². The van der Waals surface area contributed by atoms with Crippen LogP contribution in [0.1, 0.15) is 0 Å². The van der Waals surface area contributed by atoms with E-state index in [0.717, 1.165) is 16.3 Å². The van der Waals surface area contributed by atoms with Crippen LogP contribution in [0.3, 0.4) is 0 Å². The second-order valence-electron chi connectivity index (χ2n) is 2.62. The Balaban J connectivity index is 2.55. The lowest BCUT2D eigenvalue weighted by Crippen LogP contribution is -3.05. The Labute approximate surface area is 64.6 Å². The highest BCUT2D eigenvalue weighted by atomic mass is 16.2. The first-order valence-corrected chi connectivity index (χ1v) is 3.53. The van der Waals surface area contributed by atoms with Crippen LogP contribution in [0, 0.1) is 0 Å². The van der Waals surface area contributed by atoms with Gasteiger partial charge in [-0.15, -0.1) is 0 Å². The zero-order chi connectivity index (χ0) is 7.84. The van der Waals surface area contributed by atoms with Gasteiger partial charge in [-0.25, -0.2) is 9.69 Å². The van der Waals surface area contributed by atoms with Gasteiger partial charge < -0.3 is 0 Å². The molecule has 3 nitrogen and oxygen atoms in total. The van der Waals surface area contributed by atoms with Crippen LogP contribution in [0.5, 0.6) is 0 Å². The molecule has 1 aliphatic heterocycles. The quantitative estimate of drug-likeness (QED) is 0.549. The van der Waals surface area contributed by atoms with Crippen molar-refractivity contribution in [3.8, 4) is 0 Å². The van der Waals surface area contributed by atoms with E-state index in [0.29, 0.717) is 0 Å². The van der Waals surface area contributed by atoms with Crippen molar-refractivity contribution in [1.29, 1.82) is 0 Å². The van der Waals surface area contributed by atoms with Gasteiger partial charge in [0.1, 0.15) is 5.69 Å². The van der Waals surface area contributed by atoms with Crippen molar-refractivity contribution < 1.29 is 9.69 Å². The van der Waals surface area contributed by atoms with Gasteiger partial charge in [0.2, 0.25) is 0 Å². The molecule has 2 amide bonds. The monoisotopic (exact) mass is 149 g/mol. The number of hydrogen-bond donors (Lipinski definition) is 2. The maximum atomic E-state index is 11.1. The molecule has 3 heteroatoms. The average molecular weight is 149 g/mol. The van der Waals surface area contributed by atoms with Gasteiger partial charge in [0.25, 0.3) is 0 Å². The number of hydrogen-bond acceptors (Lipinski definition) is 1. The Hall–Kier alpha value is -1.35. The molecule has 0 bridgehead atoms. The van der Waals surface area contributed by atoms with Crippen LogP contribution in [-0.2, 0) is 0 Å². The van der Waals surface area contributed by atoms with Crippen molar-refractivity contribution in [2.24, 2.45) is 0 Å². The number of quaternary nitrogens is 1. The SMILES string of the molecule is C[NH+]1C(=O)Nc2ccccc21. The minimum absolute atomic E-state index is 0.0196. The molecule has 1 aromatic rings. The van der Waals surface area contributed by atoms with E-state index in [1.54, 1.807) is 0 Å². The highest BCUT2D eigenvalue weighted by Gasteiger charge is 2.28. The number of carbonyl (C=O) groups excluding carboxylic acids is 1. The van der Waals surface area contributed by atoms with E-state index in [1.165, 1.54) is 0 Å². The summed E-state index contributed by atoms with van der Waals surface area (Å²) >= 11 is 0. The largest absolute Gasteiger partial charge is 0.424 e. The maximum absolute atomic E-state index is 11.1. The van der Waals surface area contributed by atoms with E-state index < -0.39 is 0 Å². The summed E-state index contributed by atoms with van der Waals surface area (Å²) in [5.74, 6) is 0. The minimum atomic E-state index is 0.0196. The van der Waals surface area contributed by atoms with Crippen LogP contribution < -0.4 is 10.2 Å². The summed E-state index contributed by atoms with van der Waals surface area (Å²) in [6.45, 7) is 0. The standard InChI is InChI=1S/C8H8N2O/c1-10-7-5-3-2-4-6(7)9-8(10)11/h2-5H,1H3,(H,9,11)/p+1. The molecule has 2 rings (SSSR count). The average Bonchev–Trinajstić information content (AvgIpc) is 2.30. The van der Waals surface area contributed by atoms with Crippen molar-refractivity contribution in [3.05, 3.63) is 24.3 Å². The van der Waals surface area contributed by atoms with Crippen molar-refractivity contribution >= 4 is 17.4 Å². The van der Waals surface area contributed by atoms with Gasteiger partial charge in [0.15, 0.2) is 5.69 Å². The molecule has 1 aromatic carbocycles. The Morgan fingerprint density at radius 3 is 2.82 bits per heavy atom. The molecule has 2 N–H and O–H groups in total. The zero-order valence-electron chi connectivity index (χ0n) is 6.22. The Bertz CT molecular complexity index is 309. The Morgan fingerprint density at radius 2 is 2.09 bits per heavy atom. The molecular weight excluding hydrogens is 140 g/mol. The summed E-state index contributed by atoms with van der Waals surface area (Å²) in [6, 6.07) is 7.72. The molecule has 0 aliphatic carbocycles. The molecule has 11 heavy (non-hydrogen) atoms. The van der Waals surface area contributed by atoms with Gasteiger partial charge >= 0.3 is 6.03 Å². The van der Waals surface area contributed by atoms with Crippen LogP contribution in [0.25, 0.3) is 0 Å². The third kappa shape index (κ3) is 0.816. The first-order valence-electron chi connectivity index (χ1n) is 3.53. The highest BCUT2D eigenvalue weighted by molar-refractivity contribution is 5.92. The molecule has 0 saturated carbocycles. The van der Waals surface area contributed by atoms with Gasteiger partial charge in [-0.1, -0.05) is 12.1 Å². The number of rotatable bonds is 0. The fraction of sp³-hybridized carbons (Fsp3) is 0.125. The number of amides is 2. The van der Waals surface area contributed by atoms with Crippen LogP contribution in [0.15, 0.2) is 24.3 Å². The fourth-order valence-electron chi connectivity index (χ4n) is 1.26. The molecule has 1 unspecified atom stereocenters. The van der Waals surface area contributed by atoms with Gasteiger partial charge in [-0.2, -0.15) is 0 Å². The smallest absolute Gasteiger partial charge is 0.269 e. The summed E-state index contributed by atoms with van der Waals surface area (Å²) in [5.41, 5.74) is 1.95. The second kappa shape index (κ2) is 2.07. The van der Waals surface area contributed by atoms with E-state index in [2.05, 4.69) is 5.32 Å². The molecule has 56 valence electrons. The van der Waals surface area contributed by atoms with Crippen LogP contribution in [0.2, 0.25) is 0 Å². The molecule has 0 radical (unpaired) electrons. The molecule has 1 atom stereocenters. The third-order valence-electron chi connectivity index (χ3n) is 1.92. The van der Waals surface area contributed by atoms with Gasteiger partial charge in [-0.3, -0.25) is 5.32 Å². The molecule has 0 aromatic heterocycles. The predicted octanol–water partition coefficient (Wildman–Crippen LogP) is 0.378. The zero-order valence-corrected chi connectivity index (χ0v) is 6.22. The van der Waals surface area contributed by atoms with Crippen LogP contribution in [-0.4, -0.2) is 13.1 Å². The van der Waals surface area contributed by atoms with Crippen molar-refractivity contribution in [2.45, 2.75) is 0 Å². The maximum Gasteiger partial charge on any atom is 0.424 e. The number of urea groups is 1. The van der Waals surface area contributed by atoms with E-state index in [4.69, 9.17) is 0 Å². The number of anilines is 1. The number of fused-ring (bicyclic) bond motifs is 1. The first kappa shape index (κ1) is 6.37. The first-order chi connectivity index (χ1) is 5.29. The summed E-state index contributed by atoms with van der Waals surface area (Å²) in [4.78, 5) is 11.9. The lowest BCUT2D eigenvalue weighted by molar-refractivity contribution is -0.709. The molecule has 0 fully saturated rings. The van der Waals surface area contributed by atoms with E-state index in [9.17, 15) is 4.79 Å². The molecular formula is C8H9N2O+. The fourth-order valence-corrected chi connectivity index (χ4v) is 1.26. The number of benzene rings is 1. The Kier molecular flexibility index (Phi) is 1.20. The summed E-state index contributed by atoms with van der Waals surface area (Å²) in [5, 5.41) is 2.77. The molecule has 1 aliphatic rings. The van der Waals surface area contributed by atoms with Crippen LogP contribution in [0.4, 0.5) is 16.2 Å². The second-order valence-corrected chi connectivity index (χ2v) is 2.62. The topological polar surface area (TPSA) is 33.5 Å². The highest BCUT2D eigenvalue weighted by Crippen LogP contribution is 2.19. The van der Waals surface area contributed by atoms with E-state index in [-0.39, 0.29) is 6.03 Å². The summed E-state index contributed by atoms with van der Waals surface area (Å²) in [7, 11) is 1.83. The van der Waals surface area contributed by atoms with Crippen molar-refractivity contribution in [1.82, 2.24) is 0 Å². The summed E-state index contributed by atoms with van der Waals surface area (Å²) < 4.78 is 0. The number of nitrogens with one attached hydrogen (secondary N) is 2. The number of para-hydroxylation sites is 2. The van der Waals surface area contributed by atoms with Crippen molar-refractivity contribution in [3.63, 3.8) is 0 Å². The van der Waals surface area contributed by atoms with Gasteiger partial charge in [0.05, 0.1) is 7.05 Å². The van der Waals surface area contributed by atoms with E-state index >= 15 is 0 Å². The molecule has 1 heterocycles.